The molecule has 31 heavy (non-hydrogen) atoms. The highest BCUT2D eigenvalue weighted by molar-refractivity contribution is 5.65. The molecule has 164 valence electrons. The zero-order chi connectivity index (χ0) is 21.6. The summed E-state index contributed by atoms with van der Waals surface area (Å²) in [4.78, 5) is 3.09. The fraction of sp³-hybridized carbons (Fsp3) is 0.391. The van der Waals surface area contributed by atoms with Gasteiger partial charge < -0.3 is 28.4 Å². The number of piperazine rings is 1. The SMILES string of the molecule is COc1cc(-c2nnc(C[NH+]3CC[NH+](Cc4ccccc4)CC3)o2)cc(OC)c1OC. The predicted octanol–water partition coefficient (Wildman–Crippen LogP) is 0.246. The van der Waals surface area contributed by atoms with Gasteiger partial charge in [-0.25, -0.2) is 0 Å². The second-order valence-electron chi connectivity index (χ2n) is 7.75. The van der Waals surface area contributed by atoms with E-state index in [0.29, 0.717) is 29.0 Å². The Bertz CT molecular complexity index is 959. The molecule has 2 aromatic carbocycles. The van der Waals surface area contributed by atoms with Gasteiger partial charge in [0.05, 0.1) is 21.3 Å². The third kappa shape index (κ3) is 4.98. The molecule has 4 rings (SSSR count). The van der Waals surface area contributed by atoms with Gasteiger partial charge in [0.1, 0.15) is 32.7 Å². The zero-order valence-corrected chi connectivity index (χ0v) is 18.3. The molecule has 1 saturated heterocycles. The zero-order valence-electron chi connectivity index (χ0n) is 18.3. The van der Waals surface area contributed by atoms with Crippen molar-refractivity contribution in [3.05, 3.63) is 53.9 Å². The quantitative estimate of drug-likeness (QED) is 0.538. The second kappa shape index (κ2) is 9.80. The average Bonchev–Trinajstić information content (AvgIpc) is 3.28. The second-order valence-corrected chi connectivity index (χ2v) is 7.75. The Morgan fingerprint density at radius 2 is 1.42 bits per heavy atom. The highest BCUT2D eigenvalue weighted by Crippen LogP contribution is 2.40. The number of benzene rings is 2. The minimum atomic E-state index is 0.446. The van der Waals surface area contributed by atoms with Crippen LogP contribution in [0.3, 0.4) is 0 Å². The molecular formula is C23H30N4O4+2. The fourth-order valence-electron chi connectivity index (χ4n) is 4.06. The summed E-state index contributed by atoms with van der Waals surface area (Å²) in [7, 11) is 4.75. The van der Waals surface area contributed by atoms with Crippen LogP contribution in [-0.2, 0) is 13.1 Å². The molecule has 3 aromatic rings. The molecule has 1 aliphatic rings. The van der Waals surface area contributed by atoms with E-state index in [9.17, 15) is 0 Å². The Morgan fingerprint density at radius 1 is 0.806 bits per heavy atom. The third-order valence-corrected chi connectivity index (χ3v) is 5.74. The van der Waals surface area contributed by atoms with Gasteiger partial charge in [-0.2, -0.15) is 0 Å². The first-order chi connectivity index (χ1) is 15.2. The first kappa shape index (κ1) is 21.1. The lowest BCUT2D eigenvalue weighted by atomic mass is 10.2. The molecule has 0 aliphatic carbocycles. The van der Waals surface area contributed by atoms with Crippen molar-refractivity contribution in [2.45, 2.75) is 13.1 Å². The van der Waals surface area contributed by atoms with Crippen molar-refractivity contribution in [3.8, 4) is 28.7 Å². The minimum Gasteiger partial charge on any atom is -0.493 e. The summed E-state index contributed by atoms with van der Waals surface area (Å²) in [6.07, 6.45) is 0. The molecule has 0 unspecified atom stereocenters. The Hall–Kier alpha value is -3.10. The van der Waals surface area contributed by atoms with Gasteiger partial charge in [0, 0.05) is 11.1 Å². The number of hydrogen-bond acceptors (Lipinski definition) is 6. The molecule has 0 bridgehead atoms. The van der Waals surface area contributed by atoms with Gasteiger partial charge in [0.2, 0.25) is 11.6 Å². The Labute approximate surface area is 182 Å². The number of methoxy groups -OCH3 is 3. The lowest BCUT2D eigenvalue weighted by molar-refractivity contribution is -1.02. The summed E-state index contributed by atoms with van der Waals surface area (Å²) < 4.78 is 22.2. The van der Waals surface area contributed by atoms with Crippen molar-refractivity contribution >= 4 is 0 Å². The maximum Gasteiger partial charge on any atom is 0.271 e. The van der Waals surface area contributed by atoms with Crippen molar-refractivity contribution in [2.75, 3.05) is 47.5 Å². The molecular weight excluding hydrogens is 396 g/mol. The summed E-state index contributed by atoms with van der Waals surface area (Å²) in [6.45, 7) is 6.26. The van der Waals surface area contributed by atoms with E-state index in [0.717, 1.165) is 44.8 Å². The average molecular weight is 427 g/mol. The number of rotatable bonds is 8. The third-order valence-electron chi connectivity index (χ3n) is 5.74. The van der Waals surface area contributed by atoms with E-state index in [-0.39, 0.29) is 0 Å². The van der Waals surface area contributed by atoms with Gasteiger partial charge in [-0.15, -0.1) is 10.2 Å². The fourth-order valence-corrected chi connectivity index (χ4v) is 4.06. The summed E-state index contributed by atoms with van der Waals surface area (Å²) in [6, 6.07) is 14.3. The van der Waals surface area contributed by atoms with Gasteiger partial charge >= 0.3 is 0 Å². The van der Waals surface area contributed by atoms with Crippen molar-refractivity contribution in [1.82, 2.24) is 10.2 Å². The van der Waals surface area contributed by atoms with Crippen LogP contribution in [0.15, 0.2) is 46.9 Å². The molecule has 8 heteroatoms. The number of quaternary nitrogens is 2. The molecule has 1 aromatic heterocycles. The van der Waals surface area contributed by atoms with E-state index in [2.05, 4.69) is 40.5 Å². The van der Waals surface area contributed by atoms with Crippen LogP contribution < -0.4 is 24.0 Å². The highest BCUT2D eigenvalue weighted by Gasteiger charge is 2.25. The van der Waals surface area contributed by atoms with E-state index in [4.69, 9.17) is 18.6 Å². The van der Waals surface area contributed by atoms with Gasteiger partial charge in [0.25, 0.3) is 5.89 Å². The smallest absolute Gasteiger partial charge is 0.271 e. The molecule has 0 radical (unpaired) electrons. The molecule has 0 amide bonds. The predicted molar refractivity (Wildman–Crippen MR) is 115 cm³/mol. The van der Waals surface area contributed by atoms with Gasteiger partial charge in [-0.05, 0) is 12.1 Å². The van der Waals surface area contributed by atoms with Crippen LogP contribution in [0.4, 0.5) is 0 Å². The molecule has 1 aliphatic heterocycles. The van der Waals surface area contributed by atoms with Gasteiger partial charge in [-0.3, -0.25) is 0 Å². The first-order valence-electron chi connectivity index (χ1n) is 10.5. The Balaban J connectivity index is 1.38. The molecule has 1 fully saturated rings. The molecule has 2 N–H and O–H groups in total. The van der Waals surface area contributed by atoms with Crippen LogP contribution in [0.1, 0.15) is 11.5 Å². The molecule has 0 spiro atoms. The molecule has 8 nitrogen and oxygen atoms in total. The van der Waals surface area contributed by atoms with Gasteiger partial charge in [0.15, 0.2) is 18.0 Å². The van der Waals surface area contributed by atoms with Crippen LogP contribution in [-0.4, -0.2) is 57.7 Å². The Morgan fingerprint density at radius 3 is 2.00 bits per heavy atom. The van der Waals surface area contributed by atoms with E-state index in [1.54, 1.807) is 26.2 Å². The van der Waals surface area contributed by atoms with Crippen LogP contribution in [0.25, 0.3) is 11.5 Å². The van der Waals surface area contributed by atoms with Crippen LogP contribution in [0, 0.1) is 0 Å². The van der Waals surface area contributed by atoms with Crippen molar-refractivity contribution < 1.29 is 28.4 Å². The molecule has 2 heterocycles. The largest absolute Gasteiger partial charge is 0.493 e. The number of nitrogens with one attached hydrogen (secondary N) is 2. The number of aromatic nitrogens is 2. The monoisotopic (exact) mass is 426 g/mol. The topological polar surface area (TPSA) is 75.5 Å². The highest BCUT2D eigenvalue weighted by atomic mass is 16.5. The number of hydrogen-bond donors (Lipinski definition) is 2. The van der Waals surface area contributed by atoms with E-state index < -0.39 is 0 Å². The van der Waals surface area contributed by atoms with Gasteiger partial charge in [-0.1, -0.05) is 30.3 Å². The van der Waals surface area contributed by atoms with E-state index in [1.165, 1.54) is 10.5 Å². The maximum atomic E-state index is 5.97. The van der Waals surface area contributed by atoms with Crippen molar-refractivity contribution in [1.29, 1.82) is 0 Å². The summed E-state index contributed by atoms with van der Waals surface area (Å²) in [5.74, 6) is 2.74. The van der Waals surface area contributed by atoms with Crippen LogP contribution in [0.5, 0.6) is 17.2 Å². The Kier molecular flexibility index (Phi) is 6.69. The standard InChI is InChI=1S/C23H28N4O4/c1-28-19-13-18(14-20(29-2)22(19)30-3)23-25-24-21(31-23)16-27-11-9-26(10-12-27)15-17-7-5-4-6-8-17/h4-8,13-14H,9-12,15-16H2,1-3H3/p+2. The first-order valence-corrected chi connectivity index (χ1v) is 10.5. The van der Waals surface area contributed by atoms with E-state index in [1.807, 2.05) is 12.1 Å². The lowest BCUT2D eigenvalue weighted by Crippen LogP contribution is -3.27. The molecule has 0 saturated carbocycles. The van der Waals surface area contributed by atoms with Crippen molar-refractivity contribution in [2.24, 2.45) is 0 Å². The lowest BCUT2D eigenvalue weighted by Gasteiger charge is -2.28. The van der Waals surface area contributed by atoms with Crippen molar-refractivity contribution in [3.63, 3.8) is 0 Å². The van der Waals surface area contributed by atoms with E-state index >= 15 is 0 Å². The van der Waals surface area contributed by atoms with Crippen LogP contribution in [0.2, 0.25) is 0 Å². The normalized spacial score (nSPS) is 18.5. The van der Waals surface area contributed by atoms with Crippen LogP contribution >= 0.6 is 0 Å². The summed E-state index contributed by atoms with van der Waals surface area (Å²) in [5, 5.41) is 8.51. The minimum absolute atomic E-state index is 0.446. The summed E-state index contributed by atoms with van der Waals surface area (Å²) >= 11 is 0. The maximum absolute atomic E-state index is 5.97. The molecule has 0 atom stereocenters. The summed E-state index contributed by atoms with van der Waals surface area (Å²) in [5.41, 5.74) is 2.13. The number of ether oxygens (including phenoxy) is 3. The number of nitrogens with zero attached hydrogens (tertiary/aromatic N) is 2.